The van der Waals surface area contributed by atoms with Crippen molar-refractivity contribution in [3.8, 4) is 0 Å². The van der Waals surface area contributed by atoms with Gasteiger partial charge in [0.05, 0.1) is 0 Å². The third kappa shape index (κ3) is 2.62. The van der Waals surface area contributed by atoms with E-state index in [-0.39, 0.29) is 17.0 Å². The average Bonchev–Trinajstić information content (AvgIpc) is 2.60. The van der Waals surface area contributed by atoms with Crippen molar-refractivity contribution in [2.24, 2.45) is 5.14 Å². The monoisotopic (exact) mass is 245 g/mol. The van der Waals surface area contributed by atoms with E-state index in [0.29, 0.717) is 0 Å². The summed E-state index contributed by atoms with van der Waals surface area (Å²) in [7, 11) is -3.71. The van der Waals surface area contributed by atoms with Gasteiger partial charge in [0.2, 0.25) is 0 Å². The summed E-state index contributed by atoms with van der Waals surface area (Å²) in [5.74, 6) is 0.933. The summed E-state index contributed by atoms with van der Waals surface area (Å²) in [5, 5.41) is 5.03. The summed E-state index contributed by atoms with van der Waals surface area (Å²) in [5.41, 5.74) is 0. The highest BCUT2D eigenvalue weighted by Crippen LogP contribution is 2.22. The third-order valence-electron chi connectivity index (χ3n) is 2.61. The average molecular weight is 245 g/mol. The van der Waals surface area contributed by atoms with Gasteiger partial charge in [-0.3, -0.25) is 0 Å². The Morgan fingerprint density at radius 1 is 1.44 bits per heavy atom. The minimum atomic E-state index is -3.71. The molecule has 0 bridgehead atoms. The number of imidazole rings is 1. The number of nitrogens with zero attached hydrogens (tertiary/aromatic N) is 2. The molecule has 1 aromatic heterocycles. The van der Waals surface area contributed by atoms with Crippen molar-refractivity contribution in [3.05, 3.63) is 12.0 Å². The predicted molar refractivity (Wildman–Crippen MR) is 62.7 cm³/mol. The SMILES string of the molecule is CCC(C)n1cc(S(N)(=O)=O)nc1C(C)C. The van der Waals surface area contributed by atoms with Gasteiger partial charge in [0.1, 0.15) is 5.82 Å². The lowest BCUT2D eigenvalue weighted by atomic mass is 10.2. The Hall–Kier alpha value is -0.880. The van der Waals surface area contributed by atoms with Crippen molar-refractivity contribution < 1.29 is 8.42 Å². The van der Waals surface area contributed by atoms with Crippen molar-refractivity contribution in [1.29, 1.82) is 0 Å². The minimum absolute atomic E-state index is 0.0449. The maximum Gasteiger partial charge on any atom is 0.257 e. The van der Waals surface area contributed by atoms with Crippen molar-refractivity contribution in [2.45, 2.75) is 51.1 Å². The largest absolute Gasteiger partial charge is 0.331 e. The van der Waals surface area contributed by atoms with Crippen molar-refractivity contribution in [1.82, 2.24) is 9.55 Å². The molecule has 0 saturated heterocycles. The van der Waals surface area contributed by atoms with Gasteiger partial charge in [-0.05, 0) is 13.3 Å². The fraction of sp³-hybridized carbons (Fsp3) is 0.700. The maximum atomic E-state index is 11.2. The van der Waals surface area contributed by atoms with Gasteiger partial charge >= 0.3 is 0 Å². The minimum Gasteiger partial charge on any atom is -0.331 e. The van der Waals surface area contributed by atoms with E-state index in [9.17, 15) is 8.42 Å². The van der Waals surface area contributed by atoms with Gasteiger partial charge in [0.25, 0.3) is 10.0 Å². The highest BCUT2D eigenvalue weighted by Gasteiger charge is 2.20. The first-order chi connectivity index (χ1) is 7.27. The smallest absolute Gasteiger partial charge is 0.257 e. The second-order valence-corrected chi connectivity index (χ2v) is 5.81. The van der Waals surface area contributed by atoms with Crippen molar-refractivity contribution in [2.75, 3.05) is 0 Å². The number of sulfonamides is 1. The molecular weight excluding hydrogens is 226 g/mol. The molecule has 0 aliphatic rings. The first-order valence-corrected chi connectivity index (χ1v) is 6.93. The van der Waals surface area contributed by atoms with Crippen LogP contribution in [-0.2, 0) is 10.0 Å². The molecule has 1 unspecified atom stereocenters. The Labute approximate surface area is 96.7 Å². The second-order valence-electron chi connectivity index (χ2n) is 4.30. The first-order valence-electron chi connectivity index (χ1n) is 5.39. The zero-order valence-electron chi connectivity index (χ0n) is 10.1. The molecule has 0 amide bonds. The Morgan fingerprint density at radius 2 is 2.00 bits per heavy atom. The topological polar surface area (TPSA) is 78.0 Å². The molecule has 2 N–H and O–H groups in total. The molecule has 1 atom stereocenters. The van der Waals surface area contributed by atoms with Gasteiger partial charge in [-0.1, -0.05) is 20.8 Å². The lowest BCUT2D eigenvalue weighted by Gasteiger charge is -2.15. The molecule has 0 aromatic carbocycles. The van der Waals surface area contributed by atoms with Gasteiger partial charge in [-0.15, -0.1) is 0 Å². The predicted octanol–water partition coefficient (Wildman–Crippen LogP) is 1.62. The van der Waals surface area contributed by atoms with Crippen LogP contribution >= 0.6 is 0 Å². The van der Waals surface area contributed by atoms with E-state index in [1.54, 1.807) is 0 Å². The van der Waals surface area contributed by atoms with Crippen LogP contribution in [0.5, 0.6) is 0 Å². The summed E-state index contributed by atoms with van der Waals surface area (Å²) in [6, 6.07) is 0.223. The second kappa shape index (κ2) is 4.55. The van der Waals surface area contributed by atoms with E-state index in [0.717, 1.165) is 12.2 Å². The van der Waals surface area contributed by atoms with E-state index in [1.807, 2.05) is 32.3 Å². The van der Waals surface area contributed by atoms with Gasteiger partial charge in [0.15, 0.2) is 5.03 Å². The van der Waals surface area contributed by atoms with Crippen LogP contribution in [0.1, 0.15) is 51.9 Å². The molecule has 1 aromatic rings. The van der Waals surface area contributed by atoms with Gasteiger partial charge in [0, 0.05) is 18.2 Å². The number of rotatable bonds is 4. The highest BCUT2D eigenvalue weighted by atomic mass is 32.2. The van der Waals surface area contributed by atoms with Crippen LogP contribution < -0.4 is 5.14 Å². The van der Waals surface area contributed by atoms with Gasteiger partial charge < -0.3 is 4.57 Å². The molecule has 0 saturated carbocycles. The number of aromatic nitrogens is 2. The van der Waals surface area contributed by atoms with E-state index in [2.05, 4.69) is 4.98 Å². The highest BCUT2D eigenvalue weighted by molar-refractivity contribution is 7.89. The number of hydrogen-bond donors (Lipinski definition) is 1. The maximum absolute atomic E-state index is 11.2. The van der Waals surface area contributed by atoms with Crippen LogP contribution in [0, 0.1) is 0 Å². The molecule has 0 aliphatic carbocycles. The number of primary sulfonamides is 1. The molecule has 6 heteroatoms. The fourth-order valence-electron chi connectivity index (χ4n) is 1.50. The van der Waals surface area contributed by atoms with Gasteiger partial charge in [-0.2, -0.15) is 0 Å². The summed E-state index contributed by atoms with van der Waals surface area (Å²) in [4.78, 5) is 4.10. The van der Waals surface area contributed by atoms with E-state index >= 15 is 0 Å². The van der Waals surface area contributed by atoms with Crippen LogP contribution in [0.25, 0.3) is 0 Å². The molecule has 0 spiro atoms. The van der Waals surface area contributed by atoms with E-state index in [4.69, 9.17) is 5.14 Å². The lowest BCUT2D eigenvalue weighted by molar-refractivity contribution is 0.497. The fourth-order valence-corrected chi connectivity index (χ4v) is 1.98. The van der Waals surface area contributed by atoms with E-state index < -0.39 is 10.0 Å². The van der Waals surface area contributed by atoms with Crippen LogP contribution in [-0.4, -0.2) is 18.0 Å². The van der Waals surface area contributed by atoms with Crippen LogP contribution in [0.2, 0.25) is 0 Å². The molecule has 1 heterocycles. The molecule has 1 rings (SSSR count). The molecule has 0 fully saturated rings. The zero-order valence-corrected chi connectivity index (χ0v) is 11.0. The summed E-state index contributed by atoms with van der Waals surface area (Å²) in [6.07, 6.45) is 2.44. The molecule has 5 nitrogen and oxygen atoms in total. The Balaban J connectivity index is 3.31. The quantitative estimate of drug-likeness (QED) is 0.875. The van der Waals surface area contributed by atoms with E-state index in [1.165, 1.54) is 6.20 Å². The Morgan fingerprint density at radius 3 is 2.38 bits per heavy atom. The van der Waals surface area contributed by atoms with Crippen LogP contribution in [0.4, 0.5) is 0 Å². The third-order valence-corrected chi connectivity index (χ3v) is 3.39. The lowest BCUT2D eigenvalue weighted by Crippen LogP contribution is -2.12. The standard InChI is InChI=1S/C10H19N3O2S/c1-5-8(4)13-6-9(16(11,14)15)12-10(13)7(2)3/h6-8H,5H2,1-4H3,(H2,11,14,15). The molecule has 0 radical (unpaired) electrons. The first kappa shape index (κ1) is 13.2. The number of hydrogen-bond acceptors (Lipinski definition) is 3. The normalized spacial score (nSPS) is 14.4. The summed E-state index contributed by atoms with van der Waals surface area (Å²) < 4.78 is 24.4. The van der Waals surface area contributed by atoms with Crippen LogP contribution in [0.15, 0.2) is 11.2 Å². The van der Waals surface area contributed by atoms with Crippen LogP contribution in [0.3, 0.4) is 0 Å². The van der Waals surface area contributed by atoms with Crippen molar-refractivity contribution in [3.63, 3.8) is 0 Å². The molecule has 16 heavy (non-hydrogen) atoms. The Bertz CT molecular complexity index is 462. The summed E-state index contributed by atoms with van der Waals surface area (Å²) in [6.45, 7) is 8.04. The molecule has 92 valence electrons. The molecular formula is C10H19N3O2S. The van der Waals surface area contributed by atoms with Gasteiger partial charge in [-0.25, -0.2) is 18.5 Å². The molecule has 0 aliphatic heterocycles. The number of nitrogens with two attached hydrogens (primary N) is 1. The van der Waals surface area contributed by atoms with Crippen molar-refractivity contribution >= 4 is 10.0 Å². The summed E-state index contributed by atoms with van der Waals surface area (Å²) >= 11 is 0. The zero-order chi connectivity index (χ0) is 12.5. The Kier molecular flexibility index (Phi) is 3.75.